The van der Waals surface area contributed by atoms with E-state index in [1.54, 1.807) is 24.3 Å². The van der Waals surface area contributed by atoms with E-state index < -0.39 is 4.92 Å². The van der Waals surface area contributed by atoms with Gasteiger partial charge in [-0.15, -0.1) is 0 Å². The second kappa shape index (κ2) is 8.07. The molecule has 1 atom stereocenters. The highest BCUT2D eigenvalue weighted by Gasteiger charge is 2.17. The van der Waals surface area contributed by atoms with Crippen LogP contribution in [0.5, 0.6) is 0 Å². The number of nitro groups is 1. The van der Waals surface area contributed by atoms with Crippen molar-refractivity contribution in [1.29, 1.82) is 0 Å². The van der Waals surface area contributed by atoms with E-state index in [0.29, 0.717) is 5.56 Å². The number of benzene rings is 3. The number of carbonyl (C=O) groups excluding carboxylic acids is 1. The fourth-order valence-corrected chi connectivity index (χ4v) is 2.75. The Morgan fingerprint density at radius 1 is 0.885 bits per heavy atom. The summed E-state index contributed by atoms with van der Waals surface area (Å²) in [6, 6.07) is 24.8. The van der Waals surface area contributed by atoms with Crippen molar-refractivity contribution in [3.63, 3.8) is 0 Å². The first-order valence-electron chi connectivity index (χ1n) is 8.27. The molecule has 0 aromatic heterocycles. The molecule has 0 amide bonds. The quantitative estimate of drug-likeness (QED) is 0.370. The molecular formula is C21H18N2O3. The van der Waals surface area contributed by atoms with E-state index in [4.69, 9.17) is 0 Å². The van der Waals surface area contributed by atoms with E-state index in [0.717, 1.165) is 11.3 Å². The van der Waals surface area contributed by atoms with Crippen molar-refractivity contribution in [3.8, 4) is 0 Å². The fraction of sp³-hybridized carbons (Fsp3) is 0.0952. The Kier molecular flexibility index (Phi) is 5.39. The highest BCUT2D eigenvalue weighted by Crippen LogP contribution is 2.25. The summed E-state index contributed by atoms with van der Waals surface area (Å²) >= 11 is 0. The van der Waals surface area contributed by atoms with Crippen molar-refractivity contribution in [2.45, 2.75) is 12.5 Å². The van der Waals surface area contributed by atoms with E-state index in [1.165, 1.54) is 12.1 Å². The molecule has 3 aromatic carbocycles. The van der Waals surface area contributed by atoms with Gasteiger partial charge in [-0.2, -0.15) is 0 Å². The third kappa shape index (κ3) is 4.33. The normalized spacial score (nSPS) is 11.5. The Bertz CT molecular complexity index is 878. The average molecular weight is 346 g/mol. The number of Topliss-reactive ketones (excluding diaryl/α,β-unsaturated/α-hetero) is 1. The molecule has 0 heterocycles. The minimum atomic E-state index is -0.433. The number of hydrogen-bond donors (Lipinski definition) is 1. The standard InChI is InChI=1S/C21H18N2O3/c24-21(17-9-5-2-6-10-17)15-20(16-7-3-1-4-8-16)22-18-11-13-19(14-12-18)23(25)26/h1-14,20,22H,15H2/t20-/m1/s1. The van der Waals surface area contributed by atoms with Crippen LogP contribution in [0.2, 0.25) is 0 Å². The van der Waals surface area contributed by atoms with Gasteiger partial charge >= 0.3 is 0 Å². The summed E-state index contributed by atoms with van der Waals surface area (Å²) in [7, 11) is 0. The molecule has 0 bridgehead atoms. The molecule has 130 valence electrons. The number of carbonyl (C=O) groups is 1. The van der Waals surface area contributed by atoms with Crippen LogP contribution >= 0.6 is 0 Å². The molecule has 0 aliphatic rings. The molecule has 3 aromatic rings. The molecule has 0 saturated heterocycles. The highest BCUT2D eigenvalue weighted by atomic mass is 16.6. The van der Waals surface area contributed by atoms with Crippen LogP contribution < -0.4 is 5.32 Å². The first-order chi connectivity index (χ1) is 12.6. The molecule has 0 spiro atoms. The van der Waals surface area contributed by atoms with Crippen molar-refractivity contribution >= 4 is 17.2 Å². The largest absolute Gasteiger partial charge is 0.378 e. The third-order valence-corrected chi connectivity index (χ3v) is 4.11. The summed E-state index contributed by atoms with van der Waals surface area (Å²) in [4.78, 5) is 23.0. The lowest BCUT2D eigenvalue weighted by Gasteiger charge is -2.20. The molecule has 0 fully saturated rings. The molecule has 5 heteroatoms. The zero-order valence-electron chi connectivity index (χ0n) is 14.0. The van der Waals surface area contributed by atoms with Crippen LogP contribution in [0.3, 0.4) is 0 Å². The number of anilines is 1. The molecule has 5 nitrogen and oxygen atoms in total. The van der Waals surface area contributed by atoms with Gasteiger partial charge in [-0.25, -0.2) is 0 Å². The predicted molar refractivity (Wildman–Crippen MR) is 101 cm³/mol. The number of ketones is 1. The molecule has 3 rings (SSSR count). The van der Waals surface area contributed by atoms with Gasteiger partial charge in [0.2, 0.25) is 0 Å². The number of rotatable bonds is 7. The van der Waals surface area contributed by atoms with Gasteiger partial charge in [0.15, 0.2) is 5.78 Å². The van der Waals surface area contributed by atoms with Crippen molar-refractivity contribution in [3.05, 3.63) is 106 Å². The van der Waals surface area contributed by atoms with E-state index in [2.05, 4.69) is 5.32 Å². The lowest BCUT2D eigenvalue weighted by atomic mass is 9.97. The van der Waals surface area contributed by atoms with Crippen molar-refractivity contribution in [2.24, 2.45) is 0 Å². The van der Waals surface area contributed by atoms with Crippen LogP contribution in [-0.4, -0.2) is 10.7 Å². The molecule has 1 N–H and O–H groups in total. The highest BCUT2D eigenvalue weighted by molar-refractivity contribution is 5.96. The van der Waals surface area contributed by atoms with Crippen molar-refractivity contribution < 1.29 is 9.72 Å². The van der Waals surface area contributed by atoms with Crippen LogP contribution in [0.15, 0.2) is 84.9 Å². The van der Waals surface area contributed by atoms with Crippen LogP contribution in [0.25, 0.3) is 0 Å². The zero-order chi connectivity index (χ0) is 18.4. The summed E-state index contributed by atoms with van der Waals surface area (Å²) in [5.74, 6) is 0.0360. The molecule has 0 unspecified atom stereocenters. The predicted octanol–water partition coefficient (Wildman–Crippen LogP) is 5.02. The van der Waals surface area contributed by atoms with Crippen LogP contribution in [-0.2, 0) is 0 Å². The Labute approximate surface area is 151 Å². The monoisotopic (exact) mass is 346 g/mol. The van der Waals surface area contributed by atoms with Gasteiger partial charge in [0.1, 0.15) is 0 Å². The smallest absolute Gasteiger partial charge is 0.269 e. The second-order valence-electron chi connectivity index (χ2n) is 5.90. The molecular weight excluding hydrogens is 328 g/mol. The van der Waals surface area contributed by atoms with Crippen LogP contribution in [0, 0.1) is 10.1 Å². The number of nitrogens with zero attached hydrogens (tertiary/aromatic N) is 1. The summed E-state index contributed by atoms with van der Waals surface area (Å²) in [6.07, 6.45) is 0.283. The van der Waals surface area contributed by atoms with Crippen LogP contribution in [0.4, 0.5) is 11.4 Å². The Morgan fingerprint density at radius 2 is 1.46 bits per heavy atom. The zero-order valence-corrected chi connectivity index (χ0v) is 14.0. The van der Waals surface area contributed by atoms with Gasteiger partial charge in [0, 0.05) is 29.8 Å². The molecule has 0 saturated carbocycles. The fourth-order valence-electron chi connectivity index (χ4n) is 2.75. The number of nitrogens with one attached hydrogen (secondary N) is 1. The van der Waals surface area contributed by atoms with E-state index in [1.807, 2.05) is 48.5 Å². The Hall–Kier alpha value is -3.47. The first-order valence-corrected chi connectivity index (χ1v) is 8.27. The summed E-state index contributed by atoms with van der Waals surface area (Å²) in [6.45, 7) is 0. The van der Waals surface area contributed by atoms with Gasteiger partial charge in [-0.1, -0.05) is 60.7 Å². The summed E-state index contributed by atoms with van der Waals surface area (Å²) < 4.78 is 0. The maximum atomic E-state index is 12.6. The minimum Gasteiger partial charge on any atom is -0.378 e. The van der Waals surface area contributed by atoms with Gasteiger partial charge < -0.3 is 5.32 Å². The molecule has 0 aliphatic carbocycles. The third-order valence-electron chi connectivity index (χ3n) is 4.11. The molecule has 0 radical (unpaired) electrons. The minimum absolute atomic E-state index is 0.0344. The van der Waals surface area contributed by atoms with Crippen molar-refractivity contribution in [1.82, 2.24) is 0 Å². The molecule has 26 heavy (non-hydrogen) atoms. The lowest BCUT2D eigenvalue weighted by molar-refractivity contribution is -0.384. The Balaban J connectivity index is 1.82. The van der Waals surface area contributed by atoms with Gasteiger partial charge in [0.05, 0.1) is 11.0 Å². The number of nitro benzene ring substituents is 1. The van der Waals surface area contributed by atoms with Gasteiger partial charge in [-0.05, 0) is 17.7 Å². The molecule has 0 aliphatic heterocycles. The van der Waals surface area contributed by atoms with E-state index in [9.17, 15) is 14.9 Å². The lowest BCUT2D eigenvalue weighted by Crippen LogP contribution is -2.15. The van der Waals surface area contributed by atoms with Crippen molar-refractivity contribution in [2.75, 3.05) is 5.32 Å². The maximum Gasteiger partial charge on any atom is 0.269 e. The maximum absolute atomic E-state index is 12.6. The SMILES string of the molecule is O=C(C[C@@H](Nc1ccc([N+](=O)[O-])cc1)c1ccccc1)c1ccccc1. The van der Waals surface area contributed by atoms with E-state index >= 15 is 0 Å². The second-order valence-corrected chi connectivity index (χ2v) is 5.90. The summed E-state index contributed by atoms with van der Waals surface area (Å²) in [5.41, 5.74) is 2.41. The average Bonchev–Trinajstić information content (AvgIpc) is 2.69. The van der Waals surface area contributed by atoms with E-state index in [-0.39, 0.29) is 23.9 Å². The Morgan fingerprint density at radius 3 is 2.04 bits per heavy atom. The number of non-ortho nitro benzene ring substituents is 1. The first kappa shape index (κ1) is 17.4. The van der Waals surface area contributed by atoms with Gasteiger partial charge in [-0.3, -0.25) is 14.9 Å². The number of hydrogen-bond acceptors (Lipinski definition) is 4. The van der Waals surface area contributed by atoms with Gasteiger partial charge in [0.25, 0.3) is 5.69 Å². The topological polar surface area (TPSA) is 72.2 Å². The van der Waals surface area contributed by atoms with Crippen LogP contribution in [0.1, 0.15) is 28.4 Å². The summed E-state index contributed by atoms with van der Waals surface area (Å²) in [5, 5.41) is 14.1.